The Balaban J connectivity index is 1.71. The number of carbonyl (C=O) groups excluding carboxylic acids is 2. The van der Waals surface area contributed by atoms with Gasteiger partial charge in [0.15, 0.2) is 0 Å². The van der Waals surface area contributed by atoms with E-state index in [0.717, 1.165) is 52.4 Å². The smallest absolute Gasteiger partial charge is 0.264 e. The highest BCUT2D eigenvalue weighted by atomic mass is 79.9. The summed E-state index contributed by atoms with van der Waals surface area (Å²) in [5.41, 5.74) is 3.80. The molecule has 41 heavy (non-hydrogen) atoms. The maximum Gasteiger partial charge on any atom is 0.264 e. The van der Waals surface area contributed by atoms with Gasteiger partial charge in [0.05, 0.1) is 10.6 Å². The summed E-state index contributed by atoms with van der Waals surface area (Å²) in [5.74, 6) is -0.694. The molecule has 1 saturated carbocycles. The van der Waals surface area contributed by atoms with Gasteiger partial charge in [0, 0.05) is 17.1 Å². The minimum absolute atomic E-state index is 0.0999. The lowest BCUT2D eigenvalue weighted by molar-refractivity contribution is -0.139. The van der Waals surface area contributed by atoms with Crippen molar-refractivity contribution < 1.29 is 18.0 Å². The van der Waals surface area contributed by atoms with Crippen LogP contribution in [-0.4, -0.2) is 43.8 Å². The first-order valence-corrected chi connectivity index (χ1v) is 16.2. The third-order valence-corrected chi connectivity index (χ3v) is 9.96. The van der Waals surface area contributed by atoms with Crippen LogP contribution in [0.2, 0.25) is 0 Å². The molecule has 2 amide bonds. The molecule has 1 aliphatic rings. The summed E-state index contributed by atoms with van der Waals surface area (Å²) in [6.45, 7) is 7.03. The van der Waals surface area contributed by atoms with E-state index >= 15 is 0 Å². The summed E-state index contributed by atoms with van der Waals surface area (Å²) in [5, 5.41) is 3.10. The first-order chi connectivity index (χ1) is 19.5. The lowest BCUT2D eigenvalue weighted by Crippen LogP contribution is -2.52. The van der Waals surface area contributed by atoms with Gasteiger partial charge >= 0.3 is 0 Å². The number of rotatable bonds is 10. The summed E-state index contributed by atoms with van der Waals surface area (Å²) < 4.78 is 30.2. The first-order valence-electron chi connectivity index (χ1n) is 14.0. The Morgan fingerprint density at radius 3 is 2.17 bits per heavy atom. The summed E-state index contributed by atoms with van der Waals surface area (Å²) in [4.78, 5) is 29.1. The van der Waals surface area contributed by atoms with E-state index in [2.05, 4.69) is 21.2 Å². The van der Waals surface area contributed by atoms with Crippen molar-refractivity contribution in [1.29, 1.82) is 0 Å². The summed E-state index contributed by atoms with van der Waals surface area (Å²) in [6.07, 6.45) is 3.99. The number of amides is 2. The molecule has 0 spiro atoms. The van der Waals surface area contributed by atoms with Crippen molar-refractivity contribution >= 4 is 43.5 Å². The van der Waals surface area contributed by atoms with Crippen LogP contribution in [0.5, 0.6) is 0 Å². The second-order valence-corrected chi connectivity index (χ2v) is 13.7. The van der Waals surface area contributed by atoms with Crippen molar-refractivity contribution in [3.63, 3.8) is 0 Å². The third kappa shape index (κ3) is 7.57. The molecule has 3 aromatic rings. The van der Waals surface area contributed by atoms with Crippen molar-refractivity contribution in [2.75, 3.05) is 10.8 Å². The molecule has 1 N–H and O–H groups in total. The SMILES string of the molecule is Cc1ccc(S(=O)(=O)N(CC(=O)N(Cc2ccc(Br)cc2)[C@@H](C)C(=O)NC2CCCC2)c2cc(C)ccc2C)cc1. The van der Waals surface area contributed by atoms with Crippen LogP contribution in [0.3, 0.4) is 0 Å². The Morgan fingerprint density at radius 2 is 1.54 bits per heavy atom. The van der Waals surface area contributed by atoms with Crippen molar-refractivity contribution in [3.8, 4) is 0 Å². The van der Waals surface area contributed by atoms with Gasteiger partial charge in [-0.25, -0.2) is 8.42 Å². The molecule has 7 nitrogen and oxygen atoms in total. The fourth-order valence-electron chi connectivity index (χ4n) is 5.10. The van der Waals surface area contributed by atoms with Crippen molar-refractivity contribution in [1.82, 2.24) is 10.2 Å². The molecule has 0 heterocycles. The molecule has 0 unspecified atom stereocenters. The number of nitrogens with one attached hydrogen (secondary N) is 1. The van der Waals surface area contributed by atoms with Gasteiger partial charge in [-0.15, -0.1) is 0 Å². The Labute approximate surface area is 252 Å². The van der Waals surface area contributed by atoms with Gasteiger partial charge in [-0.05, 0) is 87.6 Å². The Kier molecular flexibility index (Phi) is 9.92. The van der Waals surface area contributed by atoms with E-state index < -0.39 is 28.5 Å². The number of hydrogen-bond acceptors (Lipinski definition) is 4. The molecule has 9 heteroatoms. The first kappa shape index (κ1) is 30.8. The van der Waals surface area contributed by atoms with E-state index in [1.165, 1.54) is 9.21 Å². The van der Waals surface area contributed by atoms with Crippen LogP contribution in [0.4, 0.5) is 5.69 Å². The largest absolute Gasteiger partial charge is 0.352 e. The van der Waals surface area contributed by atoms with Gasteiger partial charge in [0.2, 0.25) is 11.8 Å². The topological polar surface area (TPSA) is 86.8 Å². The lowest BCUT2D eigenvalue weighted by atomic mass is 10.1. The predicted octanol–water partition coefficient (Wildman–Crippen LogP) is 6.05. The lowest BCUT2D eigenvalue weighted by Gasteiger charge is -2.33. The van der Waals surface area contributed by atoms with Crippen LogP contribution < -0.4 is 9.62 Å². The monoisotopic (exact) mass is 639 g/mol. The van der Waals surface area contributed by atoms with Crippen molar-refractivity contribution in [2.45, 2.75) is 76.9 Å². The molecular weight excluding hydrogens is 602 g/mol. The zero-order valence-corrected chi connectivity index (χ0v) is 26.5. The van der Waals surface area contributed by atoms with Gasteiger partial charge in [-0.1, -0.05) is 70.7 Å². The van der Waals surface area contributed by atoms with E-state index in [1.54, 1.807) is 37.3 Å². The number of carbonyl (C=O) groups is 2. The van der Waals surface area contributed by atoms with Gasteiger partial charge in [0.25, 0.3) is 10.0 Å². The average molecular weight is 641 g/mol. The molecule has 0 aromatic heterocycles. The van der Waals surface area contributed by atoms with Crippen molar-refractivity contribution in [3.05, 3.63) is 93.5 Å². The van der Waals surface area contributed by atoms with Crippen LogP contribution in [0.1, 0.15) is 54.9 Å². The van der Waals surface area contributed by atoms with Crippen LogP contribution >= 0.6 is 15.9 Å². The number of sulfonamides is 1. The normalized spacial score (nSPS) is 14.5. The molecule has 1 fully saturated rings. The molecule has 218 valence electrons. The van der Waals surface area contributed by atoms with E-state index in [0.29, 0.717) is 5.69 Å². The fourth-order valence-corrected chi connectivity index (χ4v) is 6.83. The highest BCUT2D eigenvalue weighted by Crippen LogP contribution is 2.29. The van der Waals surface area contributed by atoms with Crippen LogP contribution in [0, 0.1) is 20.8 Å². The highest BCUT2D eigenvalue weighted by molar-refractivity contribution is 9.10. The minimum Gasteiger partial charge on any atom is -0.352 e. The zero-order valence-electron chi connectivity index (χ0n) is 24.1. The maximum absolute atomic E-state index is 14.1. The van der Waals surface area contributed by atoms with Crippen LogP contribution in [-0.2, 0) is 26.2 Å². The second-order valence-electron chi connectivity index (χ2n) is 10.9. The number of nitrogens with zero attached hydrogens (tertiary/aromatic N) is 2. The molecule has 3 aromatic carbocycles. The van der Waals surface area contributed by atoms with E-state index in [4.69, 9.17) is 0 Å². The number of aryl methyl sites for hydroxylation is 3. The number of anilines is 1. The zero-order chi connectivity index (χ0) is 29.7. The Morgan fingerprint density at radius 1 is 0.927 bits per heavy atom. The average Bonchev–Trinajstić information content (AvgIpc) is 3.45. The standard InChI is InChI=1S/C32H38BrN3O4S/c1-22-10-17-29(18-11-22)41(39,40)36(30-19-23(2)9-12-24(30)3)21-31(37)35(20-26-13-15-27(33)16-14-26)25(4)32(38)34-28-7-5-6-8-28/h9-19,25,28H,5-8,20-21H2,1-4H3,(H,34,38)/t25-/m0/s1. The molecular formula is C32H38BrN3O4S. The summed E-state index contributed by atoms with van der Waals surface area (Å²) >= 11 is 3.44. The molecule has 1 atom stereocenters. The molecule has 0 saturated heterocycles. The highest BCUT2D eigenvalue weighted by Gasteiger charge is 2.34. The molecule has 1 aliphatic carbocycles. The molecule has 4 rings (SSSR count). The van der Waals surface area contributed by atoms with Crippen molar-refractivity contribution in [2.24, 2.45) is 0 Å². The number of halogens is 1. The predicted molar refractivity (Wildman–Crippen MR) is 166 cm³/mol. The second kappa shape index (κ2) is 13.2. The van der Waals surface area contributed by atoms with Gasteiger partial charge in [0.1, 0.15) is 12.6 Å². The van der Waals surface area contributed by atoms with Crippen LogP contribution in [0.25, 0.3) is 0 Å². The van der Waals surface area contributed by atoms with Gasteiger partial charge < -0.3 is 10.2 Å². The van der Waals surface area contributed by atoms with Gasteiger partial charge in [-0.3, -0.25) is 13.9 Å². The number of hydrogen-bond donors (Lipinski definition) is 1. The Hall–Kier alpha value is -3.17. The minimum atomic E-state index is -4.10. The van der Waals surface area contributed by atoms with E-state index in [9.17, 15) is 18.0 Å². The van der Waals surface area contributed by atoms with Crippen LogP contribution in [0.15, 0.2) is 76.1 Å². The summed E-state index contributed by atoms with van der Waals surface area (Å²) in [7, 11) is -4.10. The third-order valence-electron chi connectivity index (χ3n) is 7.66. The van der Waals surface area contributed by atoms with E-state index in [-0.39, 0.29) is 23.4 Å². The maximum atomic E-state index is 14.1. The van der Waals surface area contributed by atoms with Gasteiger partial charge in [-0.2, -0.15) is 0 Å². The van der Waals surface area contributed by atoms with E-state index in [1.807, 2.05) is 57.2 Å². The number of benzene rings is 3. The fraction of sp³-hybridized carbons (Fsp3) is 0.375. The molecule has 0 radical (unpaired) electrons. The quantitative estimate of drug-likeness (QED) is 0.293. The molecule has 0 aliphatic heterocycles. The summed E-state index contributed by atoms with van der Waals surface area (Å²) in [6, 6.07) is 19.0. The molecule has 0 bridgehead atoms. The Bertz CT molecular complexity index is 1480.